The van der Waals surface area contributed by atoms with E-state index in [9.17, 15) is 10.1 Å². The second kappa shape index (κ2) is 8.16. The first-order valence-electron chi connectivity index (χ1n) is 7.42. The third-order valence-corrected chi connectivity index (χ3v) is 4.32. The van der Waals surface area contributed by atoms with Crippen molar-refractivity contribution < 1.29 is 4.79 Å². The van der Waals surface area contributed by atoms with Crippen LogP contribution in [0.5, 0.6) is 0 Å². The summed E-state index contributed by atoms with van der Waals surface area (Å²) in [5.74, 6) is 0.950. The molecule has 1 amide bonds. The van der Waals surface area contributed by atoms with Gasteiger partial charge in [0.15, 0.2) is 0 Å². The van der Waals surface area contributed by atoms with Gasteiger partial charge in [0.1, 0.15) is 0 Å². The summed E-state index contributed by atoms with van der Waals surface area (Å²) in [6, 6.07) is 2.78. The quantitative estimate of drug-likeness (QED) is 0.800. The van der Waals surface area contributed by atoms with Gasteiger partial charge in [-0.05, 0) is 32.2 Å². The summed E-state index contributed by atoms with van der Waals surface area (Å²) in [6.45, 7) is 2.96. The van der Waals surface area contributed by atoms with Gasteiger partial charge < -0.3 is 10.2 Å². The minimum Gasteiger partial charge on any atom is -0.359 e. The van der Waals surface area contributed by atoms with Crippen LogP contribution in [0.2, 0.25) is 0 Å². The van der Waals surface area contributed by atoms with E-state index in [0.717, 1.165) is 25.3 Å². The Bertz CT molecular complexity index is 324. The number of hydrogen-bond donors (Lipinski definition) is 1. The molecule has 0 aliphatic heterocycles. The van der Waals surface area contributed by atoms with Crippen molar-refractivity contribution in [1.29, 1.82) is 5.26 Å². The minimum absolute atomic E-state index is 0.0706. The predicted molar refractivity (Wildman–Crippen MR) is 76.5 cm³/mol. The van der Waals surface area contributed by atoms with E-state index in [4.69, 9.17) is 0 Å². The summed E-state index contributed by atoms with van der Waals surface area (Å²) < 4.78 is 0. The maximum atomic E-state index is 11.3. The van der Waals surface area contributed by atoms with Gasteiger partial charge in [-0.3, -0.25) is 4.79 Å². The van der Waals surface area contributed by atoms with Gasteiger partial charge in [-0.25, -0.2) is 0 Å². The largest absolute Gasteiger partial charge is 0.359 e. The molecule has 1 rings (SSSR count). The highest BCUT2D eigenvalue weighted by molar-refractivity contribution is 5.75. The zero-order chi connectivity index (χ0) is 14.3. The molecule has 3 atom stereocenters. The van der Waals surface area contributed by atoms with Crippen LogP contribution in [0.4, 0.5) is 0 Å². The van der Waals surface area contributed by atoms with Gasteiger partial charge in [0.2, 0.25) is 5.91 Å². The Hall–Kier alpha value is -1.08. The molecule has 0 saturated heterocycles. The Morgan fingerprint density at radius 2 is 2.21 bits per heavy atom. The van der Waals surface area contributed by atoms with Crippen molar-refractivity contribution in [3.8, 4) is 6.07 Å². The Morgan fingerprint density at radius 1 is 1.47 bits per heavy atom. The van der Waals surface area contributed by atoms with Crippen molar-refractivity contribution in [1.82, 2.24) is 10.2 Å². The van der Waals surface area contributed by atoms with Crippen LogP contribution in [0.15, 0.2) is 0 Å². The number of carbonyl (C=O) groups is 1. The monoisotopic (exact) mass is 265 g/mol. The van der Waals surface area contributed by atoms with Crippen LogP contribution in [0, 0.1) is 23.2 Å². The Balaban J connectivity index is 2.54. The molecule has 0 bridgehead atoms. The molecule has 0 spiro atoms. The fourth-order valence-corrected chi connectivity index (χ4v) is 3.11. The lowest BCUT2D eigenvalue weighted by atomic mass is 9.76. The van der Waals surface area contributed by atoms with Crippen LogP contribution >= 0.6 is 0 Å². The number of nitriles is 1. The van der Waals surface area contributed by atoms with Crippen LogP contribution in [0.1, 0.15) is 45.4 Å². The number of nitrogens with zero attached hydrogens (tertiary/aromatic N) is 2. The minimum atomic E-state index is 0.0706. The molecule has 0 radical (unpaired) electrons. The molecular formula is C15H27N3O. The van der Waals surface area contributed by atoms with E-state index in [0.29, 0.717) is 12.5 Å². The molecule has 0 heterocycles. The second-order valence-electron chi connectivity index (χ2n) is 5.67. The number of amides is 1. The standard InChI is InChI=1S/C15H27N3O/c1-4-5-12-6-7-13(11-16)14(10-12)18(3)9-8-15(19)17-2/h12-14H,4-10H2,1-3H3,(H,17,19). The van der Waals surface area contributed by atoms with Crippen LogP contribution in [-0.2, 0) is 4.79 Å². The van der Waals surface area contributed by atoms with E-state index < -0.39 is 0 Å². The van der Waals surface area contributed by atoms with E-state index in [1.165, 1.54) is 19.3 Å². The zero-order valence-corrected chi connectivity index (χ0v) is 12.5. The average Bonchev–Trinajstić information content (AvgIpc) is 2.44. The van der Waals surface area contributed by atoms with Crippen LogP contribution in [0.25, 0.3) is 0 Å². The molecular weight excluding hydrogens is 238 g/mol. The Labute approximate surface area is 117 Å². The van der Waals surface area contributed by atoms with Crippen molar-refractivity contribution in [3.63, 3.8) is 0 Å². The fourth-order valence-electron chi connectivity index (χ4n) is 3.11. The molecule has 19 heavy (non-hydrogen) atoms. The first-order valence-corrected chi connectivity index (χ1v) is 7.42. The van der Waals surface area contributed by atoms with Gasteiger partial charge in [0, 0.05) is 26.1 Å². The Kier molecular flexibility index (Phi) is 6.86. The summed E-state index contributed by atoms with van der Waals surface area (Å²) in [4.78, 5) is 13.5. The van der Waals surface area contributed by atoms with E-state index in [1.807, 2.05) is 7.05 Å². The fraction of sp³-hybridized carbons (Fsp3) is 0.867. The zero-order valence-electron chi connectivity index (χ0n) is 12.5. The van der Waals surface area contributed by atoms with Crippen molar-refractivity contribution in [2.75, 3.05) is 20.6 Å². The molecule has 4 nitrogen and oxygen atoms in total. The SMILES string of the molecule is CCCC1CCC(C#N)C(N(C)CCC(=O)NC)C1. The maximum Gasteiger partial charge on any atom is 0.221 e. The molecule has 0 aromatic carbocycles. The summed E-state index contributed by atoms with van der Waals surface area (Å²) in [5.41, 5.74) is 0. The highest BCUT2D eigenvalue weighted by atomic mass is 16.1. The molecule has 3 unspecified atom stereocenters. The molecule has 4 heteroatoms. The lowest BCUT2D eigenvalue weighted by Crippen LogP contribution is -2.43. The smallest absolute Gasteiger partial charge is 0.221 e. The summed E-state index contributed by atoms with van der Waals surface area (Å²) in [6.07, 6.45) is 6.30. The molecule has 1 saturated carbocycles. The van der Waals surface area contributed by atoms with Gasteiger partial charge in [-0.1, -0.05) is 19.8 Å². The van der Waals surface area contributed by atoms with Crippen molar-refractivity contribution in [2.45, 2.75) is 51.5 Å². The summed E-state index contributed by atoms with van der Waals surface area (Å²) in [7, 11) is 3.71. The molecule has 108 valence electrons. The molecule has 1 fully saturated rings. The van der Waals surface area contributed by atoms with E-state index in [1.54, 1.807) is 7.05 Å². The molecule has 1 aliphatic carbocycles. The van der Waals surface area contributed by atoms with E-state index in [-0.39, 0.29) is 11.8 Å². The van der Waals surface area contributed by atoms with E-state index in [2.05, 4.69) is 23.2 Å². The number of nitrogens with one attached hydrogen (secondary N) is 1. The molecule has 1 aliphatic rings. The van der Waals surface area contributed by atoms with E-state index >= 15 is 0 Å². The third kappa shape index (κ3) is 4.83. The predicted octanol–water partition coefficient (Wildman–Crippen LogP) is 2.16. The van der Waals surface area contributed by atoms with Gasteiger partial charge in [0.25, 0.3) is 0 Å². The third-order valence-electron chi connectivity index (χ3n) is 4.32. The lowest BCUT2D eigenvalue weighted by molar-refractivity contribution is -0.121. The Morgan fingerprint density at radius 3 is 2.79 bits per heavy atom. The van der Waals surface area contributed by atoms with Crippen LogP contribution in [0.3, 0.4) is 0 Å². The second-order valence-corrected chi connectivity index (χ2v) is 5.67. The van der Waals surface area contributed by atoms with Gasteiger partial charge in [-0.2, -0.15) is 5.26 Å². The van der Waals surface area contributed by atoms with Crippen molar-refractivity contribution in [2.24, 2.45) is 11.8 Å². The van der Waals surface area contributed by atoms with Gasteiger partial charge in [-0.15, -0.1) is 0 Å². The highest BCUT2D eigenvalue weighted by Crippen LogP contribution is 2.34. The lowest BCUT2D eigenvalue weighted by Gasteiger charge is -2.38. The number of carbonyl (C=O) groups excluding carboxylic acids is 1. The first-order chi connectivity index (χ1) is 9.12. The van der Waals surface area contributed by atoms with Crippen LogP contribution < -0.4 is 5.32 Å². The number of hydrogen-bond acceptors (Lipinski definition) is 3. The topological polar surface area (TPSA) is 56.1 Å². The summed E-state index contributed by atoms with van der Waals surface area (Å²) >= 11 is 0. The maximum absolute atomic E-state index is 11.3. The molecule has 1 N–H and O–H groups in total. The van der Waals surface area contributed by atoms with Crippen LogP contribution in [-0.4, -0.2) is 37.5 Å². The van der Waals surface area contributed by atoms with Gasteiger partial charge >= 0.3 is 0 Å². The van der Waals surface area contributed by atoms with Crippen molar-refractivity contribution in [3.05, 3.63) is 0 Å². The first kappa shape index (κ1) is 16.0. The molecule has 0 aromatic rings. The van der Waals surface area contributed by atoms with Gasteiger partial charge in [0.05, 0.1) is 12.0 Å². The molecule has 0 aromatic heterocycles. The number of rotatable bonds is 6. The average molecular weight is 265 g/mol. The summed E-state index contributed by atoms with van der Waals surface area (Å²) in [5, 5.41) is 11.9. The van der Waals surface area contributed by atoms with Crippen molar-refractivity contribution >= 4 is 5.91 Å². The normalized spacial score (nSPS) is 27.0. The highest BCUT2D eigenvalue weighted by Gasteiger charge is 2.32.